The summed E-state index contributed by atoms with van der Waals surface area (Å²) in [5.41, 5.74) is 1.10. The zero-order valence-electron chi connectivity index (χ0n) is 13.0. The molecule has 0 atom stereocenters. The van der Waals surface area contributed by atoms with Crippen molar-refractivity contribution in [2.75, 3.05) is 11.1 Å². The highest BCUT2D eigenvalue weighted by molar-refractivity contribution is 7.99. The van der Waals surface area contributed by atoms with E-state index in [1.54, 1.807) is 42.8 Å². The molecule has 24 heavy (non-hydrogen) atoms. The minimum absolute atomic E-state index is 0.153. The molecule has 0 fully saturated rings. The first-order chi connectivity index (χ1) is 11.4. The van der Waals surface area contributed by atoms with Gasteiger partial charge in [0.1, 0.15) is 5.82 Å². The number of H-pyrrole nitrogens is 1. The van der Waals surface area contributed by atoms with Gasteiger partial charge < -0.3 is 14.9 Å². The highest BCUT2D eigenvalue weighted by Gasteiger charge is 2.14. The first-order valence-corrected chi connectivity index (χ1v) is 8.42. The summed E-state index contributed by atoms with van der Waals surface area (Å²) in [5, 5.41) is 3.87. The fourth-order valence-corrected chi connectivity index (χ4v) is 3.14. The summed E-state index contributed by atoms with van der Waals surface area (Å²) in [6, 6.07) is 6.93. The monoisotopic (exact) mass is 363 g/mol. The molecule has 2 N–H and O–H groups in total. The number of rotatable bonds is 4. The Bertz CT molecular complexity index is 982. The van der Waals surface area contributed by atoms with E-state index in [1.807, 2.05) is 0 Å². The number of aromatic nitrogens is 4. The molecule has 2 aromatic heterocycles. The molecule has 0 unspecified atom stereocenters. The predicted octanol–water partition coefficient (Wildman–Crippen LogP) is 2.35. The standard InChI is InChI=1S/C15H14ClN5O2S/c1-8-17-13-12(14(23)18-8)20-15(21(13)2)24-7-11(22)19-10-5-3-4-9(16)6-10/h3-6H,7H2,1-2H3,(H,19,22)(H,17,18,23). The van der Waals surface area contributed by atoms with Crippen molar-refractivity contribution < 1.29 is 4.79 Å². The molecule has 1 aromatic carbocycles. The first kappa shape index (κ1) is 16.5. The molecule has 3 rings (SSSR count). The first-order valence-electron chi connectivity index (χ1n) is 7.05. The van der Waals surface area contributed by atoms with Gasteiger partial charge in [0.15, 0.2) is 16.3 Å². The van der Waals surface area contributed by atoms with Crippen LogP contribution in [0.2, 0.25) is 5.02 Å². The fraction of sp³-hybridized carbons (Fsp3) is 0.200. The number of fused-ring (bicyclic) bond motifs is 1. The van der Waals surface area contributed by atoms with Crippen LogP contribution in [0.1, 0.15) is 5.82 Å². The number of imidazole rings is 1. The number of nitrogens with one attached hydrogen (secondary N) is 2. The lowest BCUT2D eigenvalue weighted by Crippen LogP contribution is -2.14. The molecule has 0 aliphatic carbocycles. The second-order valence-corrected chi connectivity index (χ2v) is 6.50. The van der Waals surface area contributed by atoms with Crippen LogP contribution in [0.5, 0.6) is 0 Å². The van der Waals surface area contributed by atoms with E-state index in [2.05, 4.69) is 20.3 Å². The number of aryl methyl sites for hydroxylation is 2. The second kappa shape index (κ2) is 6.66. The molecule has 9 heteroatoms. The molecule has 0 saturated heterocycles. The van der Waals surface area contributed by atoms with Crippen LogP contribution in [-0.4, -0.2) is 31.2 Å². The van der Waals surface area contributed by atoms with Gasteiger partial charge in [-0.25, -0.2) is 9.97 Å². The maximum atomic E-state index is 12.0. The third-order valence-electron chi connectivity index (χ3n) is 3.25. The summed E-state index contributed by atoms with van der Waals surface area (Å²) < 4.78 is 1.70. The van der Waals surface area contributed by atoms with Crippen LogP contribution in [0.15, 0.2) is 34.2 Å². The van der Waals surface area contributed by atoms with E-state index in [9.17, 15) is 9.59 Å². The van der Waals surface area contributed by atoms with Crippen molar-refractivity contribution in [1.29, 1.82) is 0 Å². The molecule has 0 spiro atoms. The molecule has 1 amide bonds. The normalized spacial score (nSPS) is 11.0. The highest BCUT2D eigenvalue weighted by Crippen LogP contribution is 2.21. The van der Waals surface area contributed by atoms with Crippen LogP contribution in [-0.2, 0) is 11.8 Å². The number of hydrogen-bond donors (Lipinski definition) is 2. The largest absolute Gasteiger partial charge is 0.325 e. The summed E-state index contributed by atoms with van der Waals surface area (Å²) in [7, 11) is 1.76. The zero-order valence-corrected chi connectivity index (χ0v) is 14.5. The lowest BCUT2D eigenvalue weighted by atomic mass is 10.3. The van der Waals surface area contributed by atoms with Gasteiger partial charge in [-0.05, 0) is 25.1 Å². The Kier molecular flexibility index (Phi) is 4.59. The average molecular weight is 364 g/mol. The fourth-order valence-electron chi connectivity index (χ4n) is 2.18. The van der Waals surface area contributed by atoms with E-state index in [-0.39, 0.29) is 22.7 Å². The van der Waals surface area contributed by atoms with E-state index in [4.69, 9.17) is 11.6 Å². The van der Waals surface area contributed by atoms with Crippen molar-refractivity contribution in [2.45, 2.75) is 12.1 Å². The van der Waals surface area contributed by atoms with Gasteiger partial charge in [-0.15, -0.1) is 0 Å². The van der Waals surface area contributed by atoms with Crippen LogP contribution >= 0.6 is 23.4 Å². The molecule has 0 radical (unpaired) electrons. The number of benzene rings is 1. The van der Waals surface area contributed by atoms with Gasteiger partial charge in [0.2, 0.25) is 5.91 Å². The van der Waals surface area contributed by atoms with Gasteiger partial charge in [0.05, 0.1) is 5.75 Å². The van der Waals surface area contributed by atoms with Crippen LogP contribution in [0.4, 0.5) is 5.69 Å². The average Bonchev–Trinajstić information content (AvgIpc) is 2.82. The smallest absolute Gasteiger partial charge is 0.279 e. The van der Waals surface area contributed by atoms with Gasteiger partial charge >= 0.3 is 0 Å². The molecule has 3 aromatic rings. The Morgan fingerprint density at radius 2 is 2.21 bits per heavy atom. The van der Waals surface area contributed by atoms with Crippen LogP contribution in [0, 0.1) is 6.92 Å². The van der Waals surface area contributed by atoms with E-state index >= 15 is 0 Å². The quantitative estimate of drug-likeness (QED) is 0.694. The SMILES string of the molecule is Cc1nc2c(nc(SCC(=O)Nc3cccc(Cl)c3)n2C)c(=O)[nH]1. The lowest BCUT2D eigenvalue weighted by Gasteiger charge is -2.05. The second-order valence-electron chi connectivity index (χ2n) is 5.12. The molecule has 7 nitrogen and oxygen atoms in total. The summed E-state index contributed by atoms with van der Waals surface area (Å²) >= 11 is 7.12. The Morgan fingerprint density at radius 3 is 2.96 bits per heavy atom. The van der Waals surface area contributed by atoms with Gasteiger partial charge in [-0.3, -0.25) is 9.59 Å². The van der Waals surface area contributed by atoms with Crippen molar-refractivity contribution >= 4 is 46.1 Å². The Morgan fingerprint density at radius 1 is 1.42 bits per heavy atom. The Labute approximate surface area is 146 Å². The van der Waals surface area contributed by atoms with Gasteiger partial charge in [-0.1, -0.05) is 29.4 Å². The van der Waals surface area contributed by atoms with E-state index in [1.165, 1.54) is 11.8 Å². The van der Waals surface area contributed by atoms with Gasteiger partial charge in [-0.2, -0.15) is 0 Å². The molecule has 0 saturated carbocycles. The summed E-state index contributed by atoms with van der Waals surface area (Å²) in [6.07, 6.45) is 0. The number of thioether (sulfide) groups is 1. The summed E-state index contributed by atoms with van der Waals surface area (Å²) in [6.45, 7) is 1.71. The third-order valence-corrected chi connectivity index (χ3v) is 4.51. The van der Waals surface area contributed by atoms with E-state index < -0.39 is 0 Å². The number of aromatic amines is 1. The molecule has 2 heterocycles. The van der Waals surface area contributed by atoms with E-state index in [0.717, 1.165) is 0 Å². The van der Waals surface area contributed by atoms with Crippen molar-refractivity contribution in [3.63, 3.8) is 0 Å². The maximum absolute atomic E-state index is 12.0. The van der Waals surface area contributed by atoms with Gasteiger partial charge in [0.25, 0.3) is 5.56 Å². The number of anilines is 1. The number of carbonyl (C=O) groups is 1. The third kappa shape index (κ3) is 3.44. The van der Waals surface area contributed by atoms with Crippen LogP contribution < -0.4 is 10.9 Å². The number of hydrogen-bond acceptors (Lipinski definition) is 5. The predicted molar refractivity (Wildman–Crippen MR) is 94.7 cm³/mol. The lowest BCUT2D eigenvalue weighted by molar-refractivity contribution is -0.113. The van der Waals surface area contributed by atoms with Crippen molar-refractivity contribution in [2.24, 2.45) is 7.05 Å². The van der Waals surface area contributed by atoms with Crippen LogP contribution in [0.25, 0.3) is 11.2 Å². The van der Waals surface area contributed by atoms with Crippen molar-refractivity contribution in [1.82, 2.24) is 19.5 Å². The molecule has 0 bridgehead atoms. The van der Waals surface area contributed by atoms with Crippen LogP contribution in [0.3, 0.4) is 0 Å². The number of halogens is 1. The number of carbonyl (C=O) groups excluding carboxylic acids is 1. The highest BCUT2D eigenvalue weighted by atomic mass is 35.5. The maximum Gasteiger partial charge on any atom is 0.279 e. The molecule has 0 aliphatic heterocycles. The summed E-state index contributed by atoms with van der Waals surface area (Å²) in [5.74, 6) is 0.485. The minimum Gasteiger partial charge on any atom is -0.325 e. The minimum atomic E-state index is -0.289. The van der Waals surface area contributed by atoms with Gasteiger partial charge in [0, 0.05) is 17.8 Å². The Balaban J connectivity index is 1.74. The number of nitrogens with zero attached hydrogens (tertiary/aromatic N) is 3. The molecule has 0 aliphatic rings. The topological polar surface area (TPSA) is 92.7 Å². The molecular formula is C15H14ClN5O2S. The number of amides is 1. The molecule has 124 valence electrons. The summed E-state index contributed by atoms with van der Waals surface area (Å²) in [4.78, 5) is 35.1. The Hall–Kier alpha value is -2.32. The zero-order chi connectivity index (χ0) is 17.3. The molecular weight excluding hydrogens is 350 g/mol. The van der Waals surface area contributed by atoms with Crippen molar-refractivity contribution in [3.8, 4) is 0 Å². The van der Waals surface area contributed by atoms with Crippen molar-refractivity contribution in [3.05, 3.63) is 45.5 Å². The van der Waals surface area contributed by atoms with E-state index in [0.29, 0.717) is 27.3 Å².